The van der Waals surface area contributed by atoms with Crippen LogP contribution in [0, 0.1) is 0 Å². The first-order valence-electron chi connectivity index (χ1n) is 0. The summed E-state index contributed by atoms with van der Waals surface area (Å²) in [5.74, 6) is 0. The van der Waals surface area contributed by atoms with Crippen molar-refractivity contribution in [2.24, 2.45) is 0 Å². The standard InChI is InChI=1S/4Fe.2H2O.4H2S/h;;;;6*1H2/p-4. The van der Waals surface area contributed by atoms with E-state index in [-0.39, 0.29) is 133 Å². The summed E-state index contributed by atoms with van der Waals surface area (Å²) in [6.45, 7) is 0. The molecule has 0 heterocycles. The predicted octanol–water partition coefficient (Wildman–Crippen LogP) is -2.74. The molecule has 4 N–H and O–H groups in total. The molecule has 10 heavy (non-hydrogen) atoms. The van der Waals surface area contributed by atoms with Crippen LogP contribution in [0.4, 0.5) is 0 Å². The van der Waals surface area contributed by atoms with Crippen molar-refractivity contribution in [3.05, 3.63) is 0 Å². The molecular weight excluding hydrogens is 384 g/mol. The van der Waals surface area contributed by atoms with Crippen molar-refractivity contribution < 1.29 is 79.2 Å². The molecule has 0 aromatic heterocycles. The SMILES string of the molecule is O.O.[Fe].[Fe].[Fe].[Fe].[SH-].[SH-].[SH-].[SH-]. The largest absolute Gasteiger partial charge is 0.813 e. The molecule has 0 atom stereocenters. The van der Waals surface area contributed by atoms with Crippen molar-refractivity contribution in [2.75, 3.05) is 0 Å². The van der Waals surface area contributed by atoms with Crippen molar-refractivity contribution in [1.29, 1.82) is 0 Å². The molecule has 2 nitrogen and oxygen atoms in total. The zero-order chi connectivity index (χ0) is 0. The van der Waals surface area contributed by atoms with Gasteiger partial charge in [-0.2, -0.15) is 0 Å². The van der Waals surface area contributed by atoms with Crippen LogP contribution < -0.4 is 0 Å². The molecule has 10 heteroatoms. The van der Waals surface area contributed by atoms with E-state index in [4.69, 9.17) is 0 Å². The van der Waals surface area contributed by atoms with Gasteiger partial charge in [-0.1, -0.05) is 0 Å². The molecule has 0 aliphatic carbocycles. The second-order valence-corrected chi connectivity index (χ2v) is 0. The average molecular weight is 392 g/mol. The Morgan fingerprint density at radius 3 is 0.300 bits per heavy atom. The predicted molar refractivity (Wildman–Crippen MR) is 42.3 cm³/mol. The van der Waals surface area contributed by atoms with Crippen LogP contribution in [0.3, 0.4) is 0 Å². The van der Waals surface area contributed by atoms with Gasteiger partial charge in [-0.15, -0.1) is 0 Å². The van der Waals surface area contributed by atoms with Crippen LogP contribution in [0.25, 0.3) is 0 Å². The van der Waals surface area contributed by atoms with E-state index in [0.29, 0.717) is 0 Å². The van der Waals surface area contributed by atoms with Gasteiger partial charge >= 0.3 is 0 Å². The van der Waals surface area contributed by atoms with Gasteiger partial charge in [-0.25, -0.2) is 0 Å². The summed E-state index contributed by atoms with van der Waals surface area (Å²) in [4.78, 5) is 0. The minimum absolute atomic E-state index is 0. The Bertz CT molecular complexity index is 15.2. The summed E-state index contributed by atoms with van der Waals surface area (Å²) < 4.78 is 0. The van der Waals surface area contributed by atoms with E-state index in [0.717, 1.165) is 0 Å². The molecule has 0 spiro atoms. The molecule has 0 saturated heterocycles. The van der Waals surface area contributed by atoms with Crippen LogP contribution in [-0.2, 0) is 122 Å². The molecule has 0 rings (SSSR count). The zero-order valence-corrected chi connectivity index (χ0v) is 12.2. The van der Waals surface area contributed by atoms with Gasteiger partial charge < -0.3 is 64.9 Å². The summed E-state index contributed by atoms with van der Waals surface area (Å²) in [7, 11) is 0. The zero-order valence-electron chi connectivity index (χ0n) is 4.20. The summed E-state index contributed by atoms with van der Waals surface area (Å²) in [6.07, 6.45) is 0. The Balaban J connectivity index is 0. The first-order valence-corrected chi connectivity index (χ1v) is 0. The maximum Gasteiger partial charge on any atom is 0 e. The third-order valence-electron chi connectivity index (χ3n) is 0. The molecule has 0 amide bonds. The van der Waals surface area contributed by atoms with Gasteiger partial charge in [0.2, 0.25) is 0 Å². The Hall–Kier alpha value is 3.40. The molecule has 0 aromatic rings. The normalized spacial score (nSPS) is 0. The Morgan fingerprint density at radius 1 is 0.300 bits per heavy atom. The van der Waals surface area contributed by atoms with Crippen LogP contribution in [0.2, 0.25) is 0 Å². The van der Waals surface area contributed by atoms with Gasteiger partial charge in [0.15, 0.2) is 0 Å². The third kappa shape index (κ3) is 107. The van der Waals surface area contributed by atoms with Gasteiger partial charge in [0, 0.05) is 68.3 Å². The van der Waals surface area contributed by atoms with E-state index in [9.17, 15) is 0 Å². The number of thiol groups is 4. The summed E-state index contributed by atoms with van der Waals surface area (Å²) >= 11 is 0. The number of rotatable bonds is 0. The minimum Gasteiger partial charge on any atom is -0.813 e. The van der Waals surface area contributed by atoms with Crippen molar-refractivity contribution in [1.82, 2.24) is 0 Å². The third-order valence-corrected chi connectivity index (χ3v) is 0. The van der Waals surface area contributed by atoms with Crippen molar-refractivity contribution in [2.45, 2.75) is 0 Å². The molecule has 0 unspecified atom stereocenters. The van der Waals surface area contributed by atoms with Crippen LogP contribution >= 0.6 is 0 Å². The van der Waals surface area contributed by atoms with Crippen LogP contribution in [0.15, 0.2) is 0 Å². The van der Waals surface area contributed by atoms with E-state index in [2.05, 4.69) is 0 Å². The monoisotopic (exact) mass is 392 g/mol. The van der Waals surface area contributed by atoms with E-state index in [1.165, 1.54) is 0 Å². The van der Waals surface area contributed by atoms with Crippen LogP contribution in [0.1, 0.15) is 0 Å². The first kappa shape index (κ1) is 178. The molecule has 0 saturated carbocycles. The average Bonchev–Trinajstić information content (AvgIpc) is 0. The summed E-state index contributed by atoms with van der Waals surface area (Å²) in [5, 5.41) is 0. The van der Waals surface area contributed by atoms with Gasteiger partial charge in [-0.3, -0.25) is 0 Å². The Morgan fingerprint density at radius 2 is 0.300 bits per heavy atom. The van der Waals surface area contributed by atoms with Gasteiger partial charge in [-0.05, 0) is 0 Å². The quantitative estimate of drug-likeness (QED) is 0.255. The molecule has 80 valence electrons. The topological polar surface area (TPSA) is 63.0 Å². The number of hydrogen-bond acceptors (Lipinski definition) is 4. The maximum absolute atomic E-state index is 0. The van der Waals surface area contributed by atoms with Crippen molar-refractivity contribution in [3.8, 4) is 0 Å². The first-order chi connectivity index (χ1) is 0. The maximum atomic E-state index is 0. The minimum atomic E-state index is 0. The fraction of sp³-hybridized carbons (Fsp3) is 0. The second-order valence-electron chi connectivity index (χ2n) is 0. The van der Waals surface area contributed by atoms with Crippen molar-refractivity contribution in [3.63, 3.8) is 0 Å². The van der Waals surface area contributed by atoms with Gasteiger partial charge in [0.1, 0.15) is 0 Å². The van der Waals surface area contributed by atoms with E-state index < -0.39 is 0 Å². The molecule has 0 radical (unpaired) electrons. The Kier molecular flexibility index (Phi) is 2490. The fourth-order valence-corrected chi connectivity index (χ4v) is 0. The molecule has 0 fully saturated rings. The fourth-order valence-electron chi connectivity index (χ4n) is 0. The Labute approximate surface area is 131 Å². The van der Waals surface area contributed by atoms with Crippen LogP contribution in [-0.4, -0.2) is 11.0 Å². The summed E-state index contributed by atoms with van der Waals surface area (Å²) in [5.41, 5.74) is 0. The molecule has 0 aliphatic rings. The molecular formula is H8Fe4O2S4-4. The van der Waals surface area contributed by atoms with Crippen molar-refractivity contribution >= 4 is 54.0 Å². The van der Waals surface area contributed by atoms with E-state index in [1.807, 2.05) is 0 Å². The molecule has 0 aliphatic heterocycles. The van der Waals surface area contributed by atoms with E-state index >= 15 is 0 Å². The summed E-state index contributed by atoms with van der Waals surface area (Å²) in [6, 6.07) is 0. The number of hydrogen-bond donors (Lipinski definition) is 0. The van der Waals surface area contributed by atoms with Gasteiger partial charge in [0.25, 0.3) is 0 Å². The molecule has 0 aromatic carbocycles. The smallest absolute Gasteiger partial charge is 0 e. The second kappa shape index (κ2) is 139. The molecule has 0 bridgehead atoms. The van der Waals surface area contributed by atoms with Crippen LogP contribution in [0.5, 0.6) is 0 Å². The van der Waals surface area contributed by atoms with Gasteiger partial charge in [0.05, 0.1) is 0 Å². The van der Waals surface area contributed by atoms with E-state index in [1.54, 1.807) is 0 Å².